The Morgan fingerprint density at radius 3 is 1.89 bits per heavy atom. The Bertz CT molecular complexity index is 1290. The maximum Gasteiger partial charge on any atom is 0.203 e. The summed E-state index contributed by atoms with van der Waals surface area (Å²) in [6, 6.07) is 30.6. The third-order valence-corrected chi connectivity index (χ3v) is 6.46. The van der Waals surface area contributed by atoms with Gasteiger partial charge in [0.15, 0.2) is 11.5 Å². The lowest BCUT2D eigenvalue weighted by atomic mass is 9.93. The number of benzene rings is 4. The standard InChI is InChI=1S/C32H31NO4/c1-34-29-14-13-26-20-33-28(18-27(26)19-29)15-25-16-30(36-21-23-9-5-3-6-10-23)32(35-2)31(17-25)37-22-24-11-7-4-8-12-24/h3-14,16-17,19-20,28H,15,18,21-22H2,1-2H3. The molecule has 0 aliphatic carbocycles. The molecule has 37 heavy (non-hydrogen) atoms. The van der Waals surface area contributed by atoms with Gasteiger partial charge in [-0.05, 0) is 71.0 Å². The average Bonchev–Trinajstić information content (AvgIpc) is 2.95. The maximum atomic E-state index is 6.26. The van der Waals surface area contributed by atoms with E-state index in [0.29, 0.717) is 30.5 Å². The predicted octanol–water partition coefficient (Wildman–Crippen LogP) is 6.45. The van der Waals surface area contributed by atoms with Crippen molar-refractivity contribution in [2.24, 2.45) is 4.99 Å². The molecule has 0 spiro atoms. The van der Waals surface area contributed by atoms with Gasteiger partial charge in [-0.1, -0.05) is 60.7 Å². The van der Waals surface area contributed by atoms with E-state index in [9.17, 15) is 0 Å². The number of hydrogen-bond acceptors (Lipinski definition) is 5. The second kappa shape index (κ2) is 11.7. The minimum Gasteiger partial charge on any atom is -0.497 e. The summed E-state index contributed by atoms with van der Waals surface area (Å²) in [5.74, 6) is 2.78. The van der Waals surface area contributed by atoms with E-state index in [1.807, 2.05) is 85.1 Å². The van der Waals surface area contributed by atoms with Crippen LogP contribution in [0, 0.1) is 0 Å². The highest BCUT2D eigenvalue weighted by Crippen LogP contribution is 2.40. The van der Waals surface area contributed by atoms with Crippen LogP contribution in [0.15, 0.2) is 96.0 Å². The van der Waals surface area contributed by atoms with Crippen LogP contribution in [0.2, 0.25) is 0 Å². The molecule has 0 radical (unpaired) electrons. The second-order valence-corrected chi connectivity index (χ2v) is 9.08. The van der Waals surface area contributed by atoms with Crippen LogP contribution in [0.25, 0.3) is 0 Å². The van der Waals surface area contributed by atoms with Gasteiger partial charge in [-0.3, -0.25) is 4.99 Å². The van der Waals surface area contributed by atoms with Crippen molar-refractivity contribution in [3.8, 4) is 23.0 Å². The van der Waals surface area contributed by atoms with Gasteiger partial charge in [0.2, 0.25) is 5.75 Å². The third-order valence-electron chi connectivity index (χ3n) is 6.46. The Hall–Kier alpha value is -4.25. The highest BCUT2D eigenvalue weighted by Gasteiger charge is 2.20. The number of ether oxygens (including phenoxy) is 4. The summed E-state index contributed by atoms with van der Waals surface area (Å²) < 4.78 is 23.7. The fourth-order valence-corrected chi connectivity index (χ4v) is 4.54. The van der Waals surface area contributed by atoms with Crippen LogP contribution >= 0.6 is 0 Å². The quantitative estimate of drug-likeness (QED) is 0.255. The Morgan fingerprint density at radius 1 is 0.703 bits per heavy atom. The largest absolute Gasteiger partial charge is 0.497 e. The number of rotatable bonds is 10. The van der Waals surface area contributed by atoms with Gasteiger partial charge in [-0.2, -0.15) is 0 Å². The van der Waals surface area contributed by atoms with Gasteiger partial charge in [0, 0.05) is 6.21 Å². The lowest BCUT2D eigenvalue weighted by molar-refractivity contribution is 0.257. The van der Waals surface area contributed by atoms with Gasteiger partial charge in [0.1, 0.15) is 19.0 Å². The van der Waals surface area contributed by atoms with E-state index in [1.165, 1.54) is 5.56 Å². The molecular formula is C32H31NO4. The Kier molecular flexibility index (Phi) is 7.70. The van der Waals surface area contributed by atoms with Gasteiger partial charge >= 0.3 is 0 Å². The topological polar surface area (TPSA) is 49.3 Å². The maximum absolute atomic E-state index is 6.26. The van der Waals surface area contributed by atoms with Crippen molar-refractivity contribution >= 4 is 6.21 Å². The summed E-state index contributed by atoms with van der Waals surface area (Å²) in [6.45, 7) is 0.876. The van der Waals surface area contributed by atoms with Gasteiger partial charge < -0.3 is 18.9 Å². The van der Waals surface area contributed by atoms with Crippen LogP contribution in [0.3, 0.4) is 0 Å². The fourth-order valence-electron chi connectivity index (χ4n) is 4.54. The molecule has 188 valence electrons. The first-order valence-electron chi connectivity index (χ1n) is 12.5. The molecule has 4 aromatic carbocycles. The number of fused-ring (bicyclic) bond motifs is 1. The molecule has 1 unspecified atom stereocenters. The fraction of sp³-hybridized carbons (Fsp3) is 0.219. The van der Waals surface area contributed by atoms with E-state index < -0.39 is 0 Å². The lowest BCUT2D eigenvalue weighted by Crippen LogP contribution is -2.18. The summed E-state index contributed by atoms with van der Waals surface area (Å²) in [7, 11) is 3.34. The second-order valence-electron chi connectivity index (χ2n) is 9.08. The normalized spacial score (nSPS) is 14.1. The predicted molar refractivity (Wildman–Crippen MR) is 146 cm³/mol. The molecule has 0 saturated carbocycles. The molecule has 5 heteroatoms. The molecular weight excluding hydrogens is 462 g/mol. The summed E-state index contributed by atoms with van der Waals surface area (Å²) >= 11 is 0. The lowest BCUT2D eigenvalue weighted by Gasteiger charge is -2.21. The molecule has 4 aromatic rings. The molecule has 0 aromatic heterocycles. The Morgan fingerprint density at radius 2 is 1.32 bits per heavy atom. The van der Waals surface area contributed by atoms with Crippen LogP contribution in [-0.4, -0.2) is 26.5 Å². The molecule has 0 N–H and O–H groups in total. The number of aliphatic imine (C=N–C) groups is 1. The molecule has 5 nitrogen and oxygen atoms in total. The van der Waals surface area contributed by atoms with Gasteiger partial charge in [0.05, 0.1) is 20.3 Å². The third kappa shape index (κ3) is 6.12. The van der Waals surface area contributed by atoms with Crippen LogP contribution in [0.4, 0.5) is 0 Å². The van der Waals surface area contributed by atoms with Crippen molar-refractivity contribution in [1.82, 2.24) is 0 Å². The van der Waals surface area contributed by atoms with Gasteiger partial charge in [-0.15, -0.1) is 0 Å². The smallest absolute Gasteiger partial charge is 0.203 e. The minimum absolute atomic E-state index is 0.108. The zero-order valence-electron chi connectivity index (χ0n) is 21.2. The van der Waals surface area contributed by atoms with Crippen molar-refractivity contribution in [3.63, 3.8) is 0 Å². The van der Waals surface area contributed by atoms with Crippen LogP contribution < -0.4 is 18.9 Å². The van der Waals surface area contributed by atoms with Crippen LogP contribution in [0.1, 0.15) is 27.8 Å². The molecule has 0 amide bonds. The molecule has 1 aliphatic rings. The van der Waals surface area contributed by atoms with Crippen molar-refractivity contribution in [1.29, 1.82) is 0 Å². The summed E-state index contributed by atoms with van der Waals surface area (Å²) in [5.41, 5.74) is 5.65. The van der Waals surface area contributed by atoms with E-state index in [0.717, 1.165) is 40.8 Å². The minimum atomic E-state index is 0.108. The summed E-state index contributed by atoms with van der Waals surface area (Å²) in [5, 5.41) is 0. The molecule has 1 heterocycles. The monoisotopic (exact) mass is 493 g/mol. The molecule has 0 bridgehead atoms. The van der Waals surface area contributed by atoms with E-state index in [2.05, 4.69) is 12.1 Å². The molecule has 0 fully saturated rings. The average molecular weight is 494 g/mol. The molecule has 1 atom stereocenters. The van der Waals surface area contributed by atoms with Gasteiger partial charge in [-0.25, -0.2) is 0 Å². The Balaban J connectivity index is 1.40. The van der Waals surface area contributed by atoms with E-state index in [1.54, 1.807) is 14.2 Å². The van der Waals surface area contributed by atoms with Crippen molar-refractivity contribution in [2.45, 2.75) is 32.1 Å². The highest BCUT2D eigenvalue weighted by molar-refractivity contribution is 5.83. The zero-order valence-corrected chi connectivity index (χ0v) is 21.2. The molecule has 0 saturated heterocycles. The zero-order chi connectivity index (χ0) is 25.5. The first kappa shape index (κ1) is 24.4. The van der Waals surface area contributed by atoms with E-state index in [-0.39, 0.29) is 6.04 Å². The number of nitrogens with zero attached hydrogens (tertiary/aromatic N) is 1. The van der Waals surface area contributed by atoms with Crippen molar-refractivity contribution < 1.29 is 18.9 Å². The van der Waals surface area contributed by atoms with E-state index in [4.69, 9.17) is 23.9 Å². The highest BCUT2D eigenvalue weighted by atomic mass is 16.5. The molecule has 5 rings (SSSR count). The summed E-state index contributed by atoms with van der Waals surface area (Å²) in [4.78, 5) is 4.83. The van der Waals surface area contributed by atoms with Crippen LogP contribution in [-0.2, 0) is 26.1 Å². The first-order chi connectivity index (χ1) is 18.2. The first-order valence-corrected chi connectivity index (χ1v) is 12.5. The number of hydrogen-bond donors (Lipinski definition) is 0. The van der Waals surface area contributed by atoms with Crippen molar-refractivity contribution in [2.75, 3.05) is 14.2 Å². The Labute approximate surface area is 218 Å². The summed E-state index contributed by atoms with van der Waals surface area (Å²) in [6.07, 6.45) is 3.56. The van der Waals surface area contributed by atoms with Gasteiger partial charge in [0.25, 0.3) is 0 Å². The number of methoxy groups -OCH3 is 2. The SMILES string of the molecule is COc1ccc2c(c1)CC(Cc1cc(OCc3ccccc3)c(OC)c(OCc3ccccc3)c1)N=C2. The van der Waals surface area contributed by atoms with Crippen LogP contribution in [0.5, 0.6) is 23.0 Å². The molecule has 1 aliphatic heterocycles. The van der Waals surface area contributed by atoms with E-state index >= 15 is 0 Å². The van der Waals surface area contributed by atoms with Crippen molar-refractivity contribution in [3.05, 3.63) is 119 Å².